The summed E-state index contributed by atoms with van der Waals surface area (Å²) in [5.74, 6) is 0.0679. The van der Waals surface area contributed by atoms with Crippen LogP contribution in [0.5, 0.6) is 0 Å². The molecule has 9 heteroatoms. The third kappa shape index (κ3) is 7.94. The molecular formula is C31H39N5O4. The van der Waals surface area contributed by atoms with Crippen molar-refractivity contribution in [3.8, 4) is 0 Å². The molecule has 1 aliphatic rings. The molecule has 1 N–H and O–H groups in total. The molecule has 4 rings (SSSR count). The van der Waals surface area contributed by atoms with Crippen LogP contribution in [0.25, 0.3) is 0 Å². The molecule has 2 aromatic carbocycles. The van der Waals surface area contributed by atoms with E-state index in [9.17, 15) is 9.59 Å². The van der Waals surface area contributed by atoms with E-state index in [4.69, 9.17) is 14.5 Å². The zero-order valence-corrected chi connectivity index (χ0v) is 24.0. The Hall–Kier alpha value is -4.14. The van der Waals surface area contributed by atoms with Gasteiger partial charge >= 0.3 is 12.1 Å². The molecule has 9 nitrogen and oxygen atoms in total. The van der Waals surface area contributed by atoms with Crippen LogP contribution in [0.1, 0.15) is 49.9 Å². The number of methoxy groups -OCH3 is 1. The van der Waals surface area contributed by atoms with E-state index in [1.54, 1.807) is 11.1 Å². The number of benzene rings is 2. The Morgan fingerprint density at radius 2 is 1.68 bits per heavy atom. The Balaban J connectivity index is 1.42. The maximum absolute atomic E-state index is 12.4. The van der Waals surface area contributed by atoms with E-state index in [0.29, 0.717) is 25.5 Å². The lowest BCUT2D eigenvalue weighted by Crippen LogP contribution is -2.50. The van der Waals surface area contributed by atoms with Gasteiger partial charge in [0, 0.05) is 49.7 Å². The lowest BCUT2D eigenvalue weighted by Gasteiger charge is -2.36. The van der Waals surface area contributed by atoms with Crippen molar-refractivity contribution in [2.45, 2.75) is 52.1 Å². The van der Waals surface area contributed by atoms with Crippen LogP contribution in [-0.4, -0.2) is 65.8 Å². The first-order valence-electron chi connectivity index (χ1n) is 13.7. The Kier molecular flexibility index (Phi) is 9.24. The molecule has 2 heterocycles. The summed E-state index contributed by atoms with van der Waals surface area (Å²) >= 11 is 0. The zero-order valence-electron chi connectivity index (χ0n) is 24.0. The number of esters is 1. The third-order valence-electron chi connectivity index (χ3n) is 6.78. The number of hydrogen-bond acceptors (Lipinski definition) is 8. The summed E-state index contributed by atoms with van der Waals surface area (Å²) < 4.78 is 10.5. The average Bonchev–Trinajstić information content (AvgIpc) is 2.94. The number of nitrogens with one attached hydrogen (secondary N) is 1. The number of ether oxygens (including phenoxy) is 2. The summed E-state index contributed by atoms with van der Waals surface area (Å²) in [7, 11) is 1.41. The largest absolute Gasteiger partial charge is 0.469 e. The summed E-state index contributed by atoms with van der Waals surface area (Å²) in [6, 6.07) is 18.2. The van der Waals surface area contributed by atoms with E-state index in [1.807, 2.05) is 58.0 Å². The van der Waals surface area contributed by atoms with Gasteiger partial charge in [0.05, 0.1) is 19.2 Å². The molecule has 1 amide bonds. The van der Waals surface area contributed by atoms with Gasteiger partial charge in [0.1, 0.15) is 5.60 Å². The number of hydrogen-bond donors (Lipinski definition) is 1. The van der Waals surface area contributed by atoms with Crippen LogP contribution in [0.3, 0.4) is 0 Å². The molecule has 1 aromatic heterocycles. The van der Waals surface area contributed by atoms with Gasteiger partial charge in [-0.3, -0.25) is 4.79 Å². The number of aryl methyl sites for hydroxylation is 1. The first-order chi connectivity index (χ1) is 19.1. The fraction of sp³-hybridized carbons (Fsp3) is 0.419. The van der Waals surface area contributed by atoms with E-state index in [1.165, 1.54) is 7.11 Å². The van der Waals surface area contributed by atoms with Gasteiger partial charge in [0.25, 0.3) is 0 Å². The first kappa shape index (κ1) is 28.9. The van der Waals surface area contributed by atoms with Crippen molar-refractivity contribution >= 4 is 29.4 Å². The summed E-state index contributed by atoms with van der Waals surface area (Å²) in [5.41, 5.74) is 4.33. The highest BCUT2D eigenvalue weighted by atomic mass is 16.6. The molecule has 1 unspecified atom stereocenters. The molecule has 0 saturated carbocycles. The lowest BCUT2D eigenvalue weighted by molar-refractivity contribution is -0.141. The number of anilines is 3. The molecule has 0 spiro atoms. The Morgan fingerprint density at radius 1 is 1.00 bits per heavy atom. The summed E-state index contributed by atoms with van der Waals surface area (Å²) in [4.78, 5) is 37.9. The highest BCUT2D eigenvalue weighted by Crippen LogP contribution is 2.28. The van der Waals surface area contributed by atoms with Crippen molar-refractivity contribution in [1.29, 1.82) is 0 Å². The molecule has 40 heavy (non-hydrogen) atoms. The molecule has 212 valence electrons. The van der Waals surface area contributed by atoms with E-state index < -0.39 is 5.60 Å². The summed E-state index contributed by atoms with van der Waals surface area (Å²) in [6.45, 7) is 10.3. The van der Waals surface area contributed by atoms with E-state index in [-0.39, 0.29) is 24.4 Å². The molecule has 1 fully saturated rings. The minimum Gasteiger partial charge on any atom is -0.469 e. The van der Waals surface area contributed by atoms with Crippen LogP contribution in [0, 0.1) is 6.92 Å². The van der Waals surface area contributed by atoms with Gasteiger partial charge in [0.2, 0.25) is 5.95 Å². The van der Waals surface area contributed by atoms with Crippen molar-refractivity contribution < 1.29 is 19.1 Å². The minimum atomic E-state index is -0.497. The number of aromatic nitrogens is 2. The monoisotopic (exact) mass is 545 g/mol. The number of piperazine rings is 1. The zero-order chi connectivity index (χ0) is 28.7. The maximum atomic E-state index is 12.4. The standard InChI is InChI=1S/C31H39N5O4/c1-22-21-32-29(34-28(22)24(20-27(37)39-5)19-23-9-7-6-8-10-23)33-25-11-13-26(14-12-25)35-15-17-36(18-16-35)30(38)40-31(2,3)4/h6-14,21,24H,15-20H2,1-5H3,(H,32,33,34). The number of amides is 1. The fourth-order valence-corrected chi connectivity index (χ4v) is 4.74. The van der Waals surface area contributed by atoms with Crippen molar-refractivity contribution in [1.82, 2.24) is 14.9 Å². The molecule has 1 aliphatic heterocycles. The molecule has 0 aliphatic carbocycles. The fourth-order valence-electron chi connectivity index (χ4n) is 4.74. The molecule has 1 saturated heterocycles. The van der Waals surface area contributed by atoms with E-state index >= 15 is 0 Å². The topological polar surface area (TPSA) is 96.9 Å². The van der Waals surface area contributed by atoms with Crippen LogP contribution in [-0.2, 0) is 20.7 Å². The first-order valence-corrected chi connectivity index (χ1v) is 13.7. The van der Waals surface area contributed by atoms with Gasteiger partial charge < -0.3 is 24.6 Å². The van der Waals surface area contributed by atoms with Gasteiger partial charge in [-0.2, -0.15) is 0 Å². The molecule has 0 radical (unpaired) electrons. The van der Waals surface area contributed by atoms with Crippen LogP contribution in [0.2, 0.25) is 0 Å². The smallest absolute Gasteiger partial charge is 0.410 e. The quantitative estimate of drug-likeness (QED) is 0.372. The average molecular weight is 546 g/mol. The number of carbonyl (C=O) groups excluding carboxylic acids is 2. The number of rotatable bonds is 8. The van der Waals surface area contributed by atoms with E-state index in [0.717, 1.165) is 41.3 Å². The summed E-state index contributed by atoms with van der Waals surface area (Å²) in [6.07, 6.45) is 2.43. The highest BCUT2D eigenvalue weighted by molar-refractivity contribution is 5.70. The predicted octanol–water partition coefficient (Wildman–Crippen LogP) is 5.48. The van der Waals surface area contributed by atoms with Gasteiger partial charge in [-0.1, -0.05) is 30.3 Å². The highest BCUT2D eigenvalue weighted by Gasteiger charge is 2.26. The maximum Gasteiger partial charge on any atom is 0.410 e. The van der Waals surface area contributed by atoms with Crippen LogP contribution in [0.4, 0.5) is 22.1 Å². The van der Waals surface area contributed by atoms with E-state index in [2.05, 4.69) is 39.5 Å². The van der Waals surface area contributed by atoms with Gasteiger partial charge in [-0.15, -0.1) is 0 Å². The second-order valence-electron chi connectivity index (χ2n) is 11.1. The van der Waals surface area contributed by atoms with Crippen molar-refractivity contribution in [2.75, 3.05) is 43.5 Å². The third-order valence-corrected chi connectivity index (χ3v) is 6.78. The van der Waals surface area contributed by atoms with Crippen molar-refractivity contribution in [3.63, 3.8) is 0 Å². The normalized spacial score (nSPS) is 14.4. The number of nitrogens with zero attached hydrogens (tertiary/aromatic N) is 4. The molecule has 3 aromatic rings. The Labute approximate surface area is 236 Å². The summed E-state index contributed by atoms with van der Waals surface area (Å²) in [5, 5.41) is 3.31. The predicted molar refractivity (Wildman–Crippen MR) is 156 cm³/mol. The van der Waals surface area contributed by atoms with Crippen LogP contribution < -0.4 is 10.2 Å². The second-order valence-corrected chi connectivity index (χ2v) is 11.1. The van der Waals surface area contributed by atoms with Crippen LogP contribution in [0.15, 0.2) is 60.8 Å². The SMILES string of the molecule is COC(=O)CC(Cc1ccccc1)c1nc(Nc2ccc(N3CCN(C(=O)OC(C)(C)C)CC3)cc2)ncc1C. The number of carbonyl (C=O) groups is 2. The molecule has 1 atom stereocenters. The molecule has 0 bridgehead atoms. The van der Waals surface area contributed by atoms with Gasteiger partial charge in [0.15, 0.2) is 0 Å². The minimum absolute atomic E-state index is 0.139. The lowest BCUT2D eigenvalue weighted by atomic mass is 9.91. The molecular weight excluding hydrogens is 506 g/mol. The van der Waals surface area contributed by atoms with Gasteiger partial charge in [-0.25, -0.2) is 14.8 Å². The van der Waals surface area contributed by atoms with Crippen molar-refractivity contribution in [3.05, 3.63) is 77.6 Å². The van der Waals surface area contributed by atoms with Crippen molar-refractivity contribution in [2.24, 2.45) is 0 Å². The Bertz CT molecular complexity index is 1280. The second kappa shape index (κ2) is 12.8. The van der Waals surface area contributed by atoms with Gasteiger partial charge in [-0.05, 0) is 69.5 Å². The Morgan fingerprint density at radius 3 is 2.30 bits per heavy atom. The van der Waals surface area contributed by atoms with Crippen LogP contribution >= 0.6 is 0 Å².